The highest BCUT2D eigenvalue weighted by Gasteiger charge is 2.30. The molecule has 3 N–H and O–H groups in total. The van der Waals surface area contributed by atoms with Crippen LogP contribution in [0.25, 0.3) is 11.1 Å². The summed E-state index contributed by atoms with van der Waals surface area (Å²) in [5, 5.41) is 14.5. The second-order valence-electron chi connectivity index (χ2n) is 9.97. The monoisotopic (exact) mass is 568 g/mol. The van der Waals surface area contributed by atoms with Gasteiger partial charge in [0.05, 0.1) is 12.7 Å². The number of nitrogens with one attached hydrogen (secondary N) is 2. The molecule has 5 rings (SSSR count). The molecular weight excluding hydrogens is 539 g/mol. The summed E-state index contributed by atoms with van der Waals surface area (Å²) in [5.41, 5.74) is 4.92. The van der Waals surface area contributed by atoms with Crippen LogP contribution < -0.4 is 10.6 Å². The molecule has 0 aromatic heterocycles. The van der Waals surface area contributed by atoms with E-state index in [4.69, 9.17) is 9.47 Å². The molecule has 0 fully saturated rings. The van der Waals surface area contributed by atoms with Gasteiger partial charge in [-0.2, -0.15) is 0 Å². The van der Waals surface area contributed by atoms with Gasteiger partial charge < -0.3 is 19.9 Å². The predicted octanol–water partition coefficient (Wildman–Crippen LogP) is 5.98. The second-order valence-corrected chi connectivity index (χ2v) is 9.97. The number of hydrogen-bond acceptors (Lipinski definition) is 5. The molecule has 1 aliphatic rings. The van der Waals surface area contributed by atoms with Crippen molar-refractivity contribution < 1.29 is 33.4 Å². The number of fused-ring (bicyclic) bond motifs is 3. The molecule has 0 saturated carbocycles. The van der Waals surface area contributed by atoms with Gasteiger partial charge in [-0.1, -0.05) is 78.9 Å². The molecule has 214 valence electrons. The standard InChI is InChI=1S/C33H29FN2O6/c1-20(41-18-21-9-3-2-4-10-21)30(32(38)39)36-31(37)22-15-23(34)17-24(16-22)35-33(40)42-19-29-27-13-7-5-11-25(27)26-12-6-8-14-28(26)29/h2-17,20,29-30H,18-19H2,1H3,(H,35,40)(H,36,37)(H,38,39). The molecule has 0 radical (unpaired) electrons. The number of rotatable bonds is 10. The molecule has 2 amide bonds. The van der Waals surface area contributed by atoms with Crippen molar-refractivity contribution in [1.82, 2.24) is 5.32 Å². The van der Waals surface area contributed by atoms with Gasteiger partial charge in [-0.15, -0.1) is 0 Å². The van der Waals surface area contributed by atoms with Crippen LogP contribution in [0.2, 0.25) is 0 Å². The van der Waals surface area contributed by atoms with Crippen molar-refractivity contribution in [1.29, 1.82) is 0 Å². The zero-order valence-electron chi connectivity index (χ0n) is 22.8. The number of carboxylic acids is 1. The number of carboxylic acid groups (broad SMARTS) is 1. The SMILES string of the molecule is CC(OCc1ccccc1)C(NC(=O)c1cc(F)cc(NC(=O)OCC2c3ccccc3-c3ccccc32)c1)C(=O)O. The fourth-order valence-corrected chi connectivity index (χ4v) is 5.05. The van der Waals surface area contributed by atoms with Crippen molar-refractivity contribution in [2.45, 2.75) is 31.6 Å². The number of hydrogen-bond donors (Lipinski definition) is 3. The molecule has 0 saturated heterocycles. The van der Waals surface area contributed by atoms with E-state index in [0.717, 1.165) is 39.9 Å². The topological polar surface area (TPSA) is 114 Å². The minimum absolute atomic E-state index is 0.0161. The molecule has 4 aromatic carbocycles. The third-order valence-electron chi connectivity index (χ3n) is 7.13. The number of aliphatic carboxylic acids is 1. The molecule has 42 heavy (non-hydrogen) atoms. The van der Waals surface area contributed by atoms with Crippen LogP contribution in [0.15, 0.2) is 97.1 Å². The maximum Gasteiger partial charge on any atom is 0.411 e. The number of carbonyl (C=O) groups is 3. The molecule has 4 aromatic rings. The van der Waals surface area contributed by atoms with E-state index in [1.165, 1.54) is 13.0 Å². The highest BCUT2D eigenvalue weighted by molar-refractivity contribution is 5.98. The normalized spacial score (nSPS) is 13.4. The number of benzene rings is 4. The highest BCUT2D eigenvalue weighted by Crippen LogP contribution is 2.44. The van der Waals surface area contributed by atoms with Gasteiger partial charge in [0.2, 0.25) is 0 Å². The third-order valence-corrected chi connectivity index (χ3v) is 7.13. The quantitative estimate of drug-likeness (QED) is 0.217. The fourth-order valence-electron chi connectivity index (χ4n) is 5.05. The lowest BCUT2D eigenvalue weighted by atomic mass is 9.98. The maximum atomic E-state index is 14.5. The number of halogens is 1. The number of amides is 2. The van der Waals surface area contributed by atoms with Crippen LogP contribution in [0.5, 0.6) is 0 Å². The Morgan fingerprint density at radius 3 is 2.14 bits per heavy atom. The van der Waals surface area contributed by atoms with Gasteiger partial charge in [0.25, 0.3) is 5.91 Å². The van der Waals surface area contributed by atoms with Crippen LogP contribution in [0, 0.1) is 5.82 Å². The van der Waals surface area contributed by atoms with E-state index in [9.17, 15) is 23.9 Å². The molecule has 8 nitrogen and oxygen atoms in total. The molecule has 9 heteroatoms. The number of carbonyl (C=O) groups excluding carboxylic acids is 2. The van der Waals surface area contributed by atoms with Gasteiger partial charge in [0.1, 0.15) is 12.4 Å². The van der Waals surface area contributed by atoms with E-state index in [2.05, 4.69) is 10.6 Å². The van der Waals surface area contributed by atoms with E-state index >= 15 is 0 Å². The number of ether oxygens (including phenoxy) is 2. The van der Waals surface area contributed by atoms with Gasteiger partial charge in [0.15, 0.2) is 6.04 Å². The van der Waals surface area contributed by atoms with E-state index in [0.29, 0.717) is 0 Å². The molecular formula is C33H29FN2O6. The minimum atomic E-state index is -1.40. The molecule has 2 unspecified atom stereocenters. The Kier molecular flexibility index (Phi) is 8.59. The van der Waals surface area contributed by atoms with Gasteiger partial charge in [-0.05, 0) is 52.9 Å². The van der Waals surface area contributed by atoms with Gasteiger partial charge >= 0.3 is 12.1 Å². The summed E-state index contributed by atoms with van der Waals surface area (Å²) in [6.45, 7) is 1.73. The van der Waals surface area contributed by atoms with Crippen LogP contribution >= 0.6 is 0 Å². The average Bonchev–Trinajstić information content (AvgIpc) is 3.31. The Labute approximate surface area is 242 Å². The highest BCUT2D eigenvalue weighted by atomic mass is 19.1. The summed E-state index contributed by atoms with van der Waals surface area (Å²) in [5.74, 6) is -3.10. The van der Waals surface area contributed by atoms with Crippen LogP contribution in [0.4, 0.5) is 14.9 Å². The zero-order chi connectivity index (χ0) is 29.6. The smallest absolute Gasteiger partial charge is 0.411 e. The van der Waals surface area contributed by atoms with Gasteiger partial charge in [0, 0.05) is 17.2 Å². The Hall–Kier alpha value is -5.02. The maximum absolute atomic E-state index is 14.5. The summed E-state index contributed by atoms with van der Waals surface area (Å²) >= 11 is 0. The van der Waals surface area contributed by atoms with E-state index in [-0.39, 0.29) is 30.4 Å². The van der Waals surface area contributed by atoms with Crippen molar-refractivity contribution in [2.75, 3.05) is 11.9 Å². The first kappa shape index (κ1) is 28.5. The largest absolute Gasteiger partial charge is 0.480 e. The Bertz CT molecular complexity index is 1560. The summed E-state index contributed by atoms with van der Waals surface area (Å²) in [4.78, 5) is 37.5. The lowest BCUT2D eigenvalue weighted by Crippen LogP contribution is -2.48. The van der Waals surface area contributed by atoms with Crippen LogP contribution in [0.1, 0.15) is 39.9 Å². The van der Waals surface area contributed by atoms with Gasteiger partial charge in [-0.3, -0.25) is 10.1 Å². The fraction of sp³-hybridized carbons (Fsp3) is 0.182. The molecule has 0 aliphatic heterocycles. The Morgan fingerprint density at radius 1 is 0.881 bits per heavy atom. The molecule has 1 aliphatic carbocycles. The Balaban J connectivity index is 1.21. The van der Waals surface area contributed by atoms with E-state index < -0.39 is 35.9 Å². The molecule has 0 heterocycles. The third kappa shape index (κ3) is 6.47. The van der Waals surface area contributed by atoms with Crippen LogP contribution in [-0.2, 0) is 20.9 Å². The van der Waals surface area contributed by atoms with Crippen molar-refractivity contribution >= 4 is 23.7 Å². The second kappa shape index (κ2) is 12.7. The lowest BCUT2D eigenvalue weighted by Gasteiger charge is -2.22. The minimum Gasteiger partial charge on any atom is -0.480 e. The van der Waals surface area contributed by atoms with Crippen molar-refractivity contribution in [3.8, 4) is 11.1 Å². The summed E-state index contributed by atoms with van der Waals surface area (Å²) in [6.07, 6.45) is -1.71. The predicted molar refractivity (Wildman–Crippen MR) is 155 cm³/mol. The van der Waals surface area contributed by atoms with E-state index in [1.54, 1.807) is 0 Å². The van der Waals surface area contributed by atoms with Crippen LogP contribution in [-0.4, -0.2) is 41.8 Å². The van der Waals surface area contributed by atoms with Gasteiger partial charge in [-0.25, -0.2) is 14.0 Å². The average molecular weight is 569 g/mol. The summed E-state index contributed by atoms with van der Waals surface area (Å²) < 4.78 is 25.6. The first-order valence-electron chi connectivity index (χ1n) is 13.4. The first-order chi connectivity index (χ1) is 20.3. The van der Waals surface area contributed by atoms with Crippen molar-refractivity contribution in [2.24, 2.45) is 0 Å². The zero-order valence-corrected chi connectivity index (χ0v) is 22.8. The number of anilines is 1. The van der Waals surface area contributed by atoms with Crippen molar-refractivity contribution in [3.63, 3.8) is 0 Å². The first-order valence-corrected chi connectivity index (χ1v) is 13.4. The Morgan fingerprint density at radius 2 is 1.50 bits per heavy atom. The molecule has 0 bridgehead atoms. The van der Waals surface area contributed by atoms with E-state index in [1.807, 2.05) is 78.9 Å². The summed E-state index contributed by atoms with van der Waals surface area (Å²) in [7, 11) is 0. The van der Waals surface area contributed by atoms with Crippen LogP contribution in [0.3, 0.4) is 0 Å². The molecule has 0 spiro atoms. The molecule has 2 atom stereocenters. The van der Waals surface area contributed by atoms with Crippen molar-refractivity contribution in [3.05, 3.63) is 125 Å². The summed E-state index contributed by atoms with van der Waals surface area (Å²) in [6, 6.07) is 26.8. The lowest BCUT2D eigenvalue weighted by molar-refractivity contribution is -0.143.